The van der Waals surface area contributed by atoms with E-state index in [1.807, 2.05) is 43.9 Å². The standard InChI is InChI=1S/C27H30N4O/c1-17-23-21-15-27(2,3)16-22(32)24(21)25(18-11-13-19(14-12-18)30(4)5)28-26(23)31(29-17)20-9-7-6-8-10-20/h6-14,25,28H,15-16H2,1-5H3/t25-/m0/s1. The normalized spacial score (nSPS) is 19.3. The molecule has 2 heterocycles. The summed E-state index contributed by atoms with van der Waals surface area (Å²) in [6.45, 7) is 6.42. The summed E-state index contributed by atoms with van der Waals surface area (Å²) in [4.78, 5) is 15.6. The van der Waals surface area contributed by atoms with Crippen molar-refractivity contribution in [3.05, 3.63) is 77.0 Å². The van der Waals surface area contributed by atoms with Crippen LogP contribution < -0.4 is 10.2 Å². The maximum atomic E-state index is 13.5. The van der Waals surface area contributed by atoms with Gasteiger partial charge >= 0.3 is 0 Å². The van der Waals surface area contributed by atoms with Gasteiger partial charge in [-0.2, -0.15) is 5.10 Å². The van der Waals surface area contributed by atoms with Crippen LogP contribution in [0.25, 0.3) is 11.3 Å². The summed E-state index contributed by atoms with van der Waals surface area (Å²) >= 11 is 0. The molecular weight excluding hydrogens is 396 g/mol. The largest absolute Gasteiger partial charge is 0.378 e. The molecule has 0 unspecified atom stereocenters. The quantitative estimate of drug-likeness (QED) is 0.596. The number of hydrogen-bond acceptors (Lipinski definition) is 4. The number of aryl methyl sites for hydroxylation is 1. The van der Waals surface area contributed by atoms with Crippen molar-refractivity contribution in [1.29, 1.82) is 0 Å². The number of ketones is 1. The fourth-order valence-corrected chi connectivity index (χ4v) is 5.09. The lowest BCUT2D eigenvalue weighted by Crippen LogP contribution is -2.33. The Morgan fingerprint density at radius 3 is 2.38 bits per heavy atom. The summed E-state index contributed by atoms with van der Waals surface area (Å²) < 4.78 is 1.99. The Morgan fingerprint density at radius 1 is 1.03 bits per heavy atom. The smallest absolute Gasteiger partial charge is 0.162 e. The predicted octanol–water partition coefficient (Wildman–Crippen LogP) is 5.56. The van der Waals surface area contributed by atoms with E-state index >= 15 is 0 Å². The van der Waals surface area contributed by atoms with Crippen molar-refractivity contribution in [3.63, 3.8) is 0 Å². The number of nitrogens with one attached hydrogen (secondary N) is 1. The van der Waals surface area contributed by atoms with Gasteiger partial charge in [-0.15, -0.1) is 0 Å². The van der Waals surface area contributed by atoms with E-state index in [0.29, 0.717) is 6.42 Å². The number of benzene rings is 2. The van der Waals surface area contributed by atoms with E-state index in [1.54, 1.807) is 0 Å². The second-order valence-electron chi connectivity index (χ2n) is 9.95. The van der Waals surface area contributed by atoms with Gasteiger partial charge in [0, 0.05) is 37.3 Å². The second-order valence-corrected chi connectivity index (χ2v) is 9.95. The minimum atomic E-state index is -0.184. The highest BCUT2D eigenvalue weighted by Crippen LogP contribution is 2.51. The molecule has 5 rings (SSSR count). The molecule has 1 aromatic heterocycles. The molecule has 0 saturated heterocycles. The summed E-state index contributed by atoms with van der Waals surface area (Å²) in [5.74, 6) is 1.21. The molecule has 3 aromatic rings. The van der Waals surface area contributed by atoms with E-state index in [-0.39, 0.29) is 17.2 Å². The number of anilines is 2. The van der Waals surface area contributed by atoms with Gasteiger partial charge in [-0.25, -0.2) is 4.68 Å². The zero-order valence-corrected chi connectivity index (χ0v) is 19.4. The summed E-state index contributed by atoms with van der Waals surface area (Å²) in [5.41, 5.74) is 7.29. The fraction of sp³-hybridized carbons (Fsp3) is 0.333. The van der Waals surface area contributed by atoms with Crippen molar-refractivity contribution in [1.82, 2.24) is 9.78 Å². The molecule has 2 aliphatic rings. The van der Waals surface area contributed by atoms with Gasteiger partial charge in [-0.3, -0.25) is 4.79 Å². The topological polar surface area (TPSA) is 50.2 Å². The molecule has 0 amide bonds. The molecule has 0 bridgehead atoms. The van der Waals surface area contributed by atoms with Crippen LogP contribution in [0.4, 0.5) is 11.5 Å². The molecule has 164 valence electrons. The summed E-state index contributed by atoms with van der Waals surface area (Å²) in [6, 6.07) is 18.5. The first-order valence-corrected chi connectivity index (χ1v) is 11.2. The molecule has 32 heavy (non-hydrogen) atoms. The first-order valence-electron chi connectivity index (χ1n) is 11.2. The zero-order valence-electron chi connectivity index (χ0n) is 19.4. The Balaban J connectivity index is 1.71. The highest BCUT2D eigenvalue weighted by molar-refractivity contribution is 6.09. The van der Waals surface area contributed by atoms with Crippen molar-refractivity contribution in [2.75, 3.05) is 24.3 Å². The number of nitrogens with zero attached hydrogens (tertiary/aromatic N) is 3. The summed E-state index contributed by atoms with van der Waals surface area (Å²) in [5, 5.41) is 8.61. The first kappa shape index (κ1) is 20.6. The zero-order chi connectivity index (χ0) is 22.6. The van der Waals surface area contributed by atoms with Gasteiger partial charge in [0.25, 0.3) is 0 Å². The highest BCUT2D eigenvalue weighted by Gasteiger charge is 2.42. The molecule has 0 saturated carbocycles. The number of carbonyl (C=O) groups excluding carboxylic acids is 1. The monoisotopic (exact) mass is 426 g/mol. The Bertz CT molecular complexity index is 1220. The number of rotatable bonds is 3. The summed E-state index contributed by atoms with van der Waals surface area (Å²) in [6.07, 6.45) is 1.44. The SMILES string of the molecule is Cc1nn(-c2ccccc2)c2c1C1=C(C(=O)CC(C)(C)C1)[C@H](c1ccc(N(C)C)cc1)N2. The molecule has 5 heteroatoms. The van der Waals surface area contributed by atoms with E-state index in [9.17, 15) is 4.79 Å². The van der Waals surface area contributed by atoms with Crippen LogP contribution in [-0.4, -0.2) is 29.7 Å². The molecule has 2 aromatic carbocycles. The second kappa shape index (κ2) is 7.37. The molecule has 1 atom stereocenters. The van der Waals surface area contributed by atoms with Crippen LogP contribution in [-0.2, 0) is 4.79 Å². The van der Waals surface area contributed by atoms with E-state index in [0.717, 1.165) is 51.6 Å². The van der Waals surface area contributed by atoms with Crippen LogP contribution in [0.3, 0.4) is 0 Å². The Morgan fingerprint density at radius 2 is 1.72 bits per heavy atom. The molecular formula is C27H30N4O. The average Bonchev–Trinajstić information content (AvgIpc) is 3.09. The highest BCUT2D eigenvalue weighted by atomic mass is 16.1. The lowest BCUT2D eigenvalue weighted by atomic mass is 9.68. The molecule has 0 spiro atoms. The van der Waals surface area contributed by atoms with Crippen LogP contribution in [0.1, 0.15) is 49.6 Å². The van der Waals surface area contributed by atoms with Gasteiger partial charge < -0.3 is 10.2 Å². The van der Waals surface area contributed by atoms with Crippen molar-refractivity contribution in [3.8, 4) is 5.69 Å². The Kier molecular flexibility index (Phi) is 4.73. The van der Waals surface area contributed by atoms with Crippen molar-refractivity contribution >= 4 is 22.9 Å². The fourth-order valence-electron chi connectivity index (χ4n) is 5.09. The number of Topliss-reactive ketones (excluding diaryl/α,β-unsaturated/α-hetero) is 1. The van der Waals surface area contributed by atoms with Gasteiger partial charge in [-0.05, 0) is 54.2 Å². The lowest BCUT2D eigenvalue weighted by molar-refractivity contribution is -0.118. The number of aromatic nitrogens is 2. The van der Waals surface area contributed by atoms with Crippen LogP contribution in [0.2, 0.25) is 0 Å². The minimum absolute atomic E-state index is 0.0643. The molecule has 0 fully saturated rings. The van der Waals surface area contributed by atoms with Crippen LogP contribution in [0.15, 0.2) is 60.2 Å². The Hall–Kier alpha value is -3.34. The van der Waals surface area contributed by atoms with Crippen LogP contribution >= 0.6 is 0 Å². The van der Waals surface area contributed by atoms with E-state index < -0.39 is 0 Å². The van der Waals surface area contributed by atoms with Gasteiger partial charge in [0.05, 0.1) is 17.4 Å². The van der Waals surface area contributed by atoms with Crippen LogP contribution in [0, 0.1) is 12.3 Å². The van der Waals surface area contributed by atoms with Crippen LogP contribution in [0.5, 0.6) is 0 Å². The van der Waals surface area contributed by atoms with Crippen molar-refractivity contribution in [2.45, 2.75) is 39.7 Å². The first-order chi connectivity index (χ1) is 15.2. The van der Waals surface area contributed by atoms with Crippen molar-refractivity contribution in [2.24, 2.45) is 5.41 Å². The third-order valence-electron chi connectivity index (χ3n) is 6.60. The number of para-hydroxylation sites is 1. The molecule has 1 aliphatic heterocycles. The minimum Gasteiger partial charge on any atom is -0.378 e. The molecule has 5 nitrogen and oxygen atoms in total. The lowest BCUT2D eigenvalue weighted by Gasteiger charge is -2.39. The van der Waals surface area contributed by atoms with Gasteiger partial charge in [0.1, 0.15) is 5.82 Å². The Labute approximate surface area is 189 Å². The van der Waals surface area contributed by atoms with Gasteiger partial charge in [0.2, 0.25) is 0 Å². The van der Waals surface area contributed by atoms with Gasteiger partial charge in [-0.1, -0.05) is 44.2 Å². The molecule has 1 aliphatic carbocycles. The predicted molar refractivity (Wildman–Crippen MR) is 130 cm³/mol. The third kappa shape index (κ3) is 3.32. The third-order valence-corrected chi connectivity index (χ3v) is 6.60. The van der Waals surface area contributed by atoms with E-state index in [2.05, 4.69) is 60.5 Å². The molecule has 1 N–H and O–H groups in total. The van der Waals surface area contributed by atoms with Crippen molar-refractivity contribution < 1.29 is 4.79 Å². The number of fused-ring (bicyclic) bond motifs is 2. The maximum absolute atomic E-state index is 13.5. The van der Waals surface area contributed by atoms with E-state index in [1.165, 1.54) is 0 Å². The molecule has 0 radical (unpaired) electrons. The maximum Gasteiger partial charge on any atom is 0.162 e. The number of allylic oxidation sites excluding steroid dienone is 1. The van der Waals surface area contributed by atoms with E-state index in [4.69, 9.17) is 5.10 Å². The van der Waals surface area contributed by atoms with Gasteiger partial charge in [0.15, 0.2) is 5.78 Å². The average molecular weight is 427 g/mol. The summed E-state index contributed by atoms with van der Waals surface area (Å²) in [7, 11) is 4.07. The number of hydrogen-bond donors (Lipinski definition) is 1. The number of carbonyl (C=O) groups is 1.